The second-order valence-corrected chi connectivity index (χ2v) is 9.26. The Hall–Kier alpha value is -2.78. The van der Waals surface area contributed by atoms with Crippen LogP contribution in [0.2, 0.25) is 5.02 Å². The van der Waals surface area contributed by atoms with Crippen molar-refractivity contribution in [2.24, 2.45) is 4.99 Å². The number of amides is 1. The molecule has 152 valence electrons. The smallest absolute Gasteiger partial charge is 0.270 e. The van der Waals surface area contributed by atoms with Gasteiger partial charge in [-0.05, 0) is 12.1 Å². The number of benzodiazepines with no additional fused rings is 1. The van der Waals surface area contributed by atoms with Crippen molar-refractivity contribution in [3.8, 4) is 0 Å². The van der Waals surface area contributed by atoms with Crippen LogP contribution in [0.3, 0.4) is 0 Å². The van der Waals surface area contributed by atoms with Crippen LogP contribution in [-0.2, 0) is 14.6 Å². The molecule has 1 aliphatic rings. The number of anilines is 1. The van der Waals surface area contributed by atoms with E-state index in [1.165, 1.54) is 30.0 Å². The lowest BCUT2D eigenvalue weighted by atomic mass is 9.99. The summed E-state index contributed by atoms with van der Waals surface area (Å²) >= 11 is 6.30. The van der Waals surface area contributed by atoms with Crippen molar-refractivity contribution in [1.29, 1.82) is 0 Å². The second-order valence-electron chi connectivity index (χ2n) is 6.38. The highest BCUT2D eigenvalue weighted by molar-refractivity contribution is 7.91. The molecule has 0 atom stereocenters. The molecule has 0 unspecified atom stereocenters. The molecule has 0 saturated carbocycles. The molecule has 0 aliphatic carbocycles. The van der Waals surface area contributed by atoms with Crippen LogP contribution in [0.1, 0.15) is 18.1 Å². The van der Waals surface area contributed by atoms with Crippen molar-refractivity contribution in [1.82, 2.24) is 0 Å². The van der Waals surface area contributed by atoms with Gasteiger partial charge >= 0.3 is 0 Å². The number of carbonyl (C=O) groups excluding carboxylic acids is 1. The van der Waals surface area contributed by atoms with Crippen molar-refractivity contribution in [3.63, 3.8) is 0 Å². The van der Waals surface area contributed by atoms with Crippen LogP contribution < -0.4 is 4.90 Å². The van der Waals surface area contributed by atoms with Crippen LogP contribution in [-0.4, -0.2) is 49.6 Å². The van der Waals surface area contributed by atoms with E-state index in [-0.39, 0.29) is 30.3 Å². The molecule has 0 spiro atoms. The quantitative estimate of drug-likeness (QED) is 0.511. The van der Waals surface area contributed by atoms with E-state index in [9.17, 15) is 23.3 Å². The van der Waals surface area contributed by atoms with E-state index in [2.05, 4.69) is 4.99 Å². The monoisotopic (exact) mass is 435 g/mol. The van der Waals surface area contributed by atoms with Gasteiger partial charge in [0.15, 0.2) is 9.84 Å². The van der Waals surface area contributed by atoms with E-state index in [4.69, 9.17) is 11.6 Å². The first-order valence-electron chi connectivity index (χ1n) is 8.82. The average Bonchev–Trinajstić information content (AvgIpc) is 2.82. The normalized spacial score (nSPS) is 14.2. The molecule has 0 aromatic heterocycles. The maximum absolute atomic E-state index is 12.7. The van der Waals surface area contributed by atoms with Gasteiger partial charge in [0, 0.05) is 40.6 Å². The number of fused-ring (bicyclic) bond motifs is 1. The minimum absolute atomic E-state index is 0.0382. The molecule has 2 aromatic carbocycles. The zero-order valence-corrected chi connectivity index (χ0v) is 17.1. The van der Waals surface area contributed by atoms with E-state index in [0.29, 0.717) is 27.5 Å². The predicted molar refractivity (Wildman–Crippen MR) is 112 cm³/mol. The summed E-state index contributed by atoms with van der Waals surface area (Å²) in [5.74, 6) is -0.648. The summed E-state index contributed by atoms with van der Waals surface area (Å²) < 4.78 is 23.9. The number of non-ortho nitro benzene ring substituents is 1. The van der Waals surface area contributed by atoms with Gasteiger partial charge in [-0.2, -0.15) is 0 Å². The van der Waals surface area contributed by atoms with Gasteiger partial charge in [-0.25, -0.2) is 8.42 Å². The van der Waals surface area contributed by atoms with E-state index in [0.717, 1.165) is 0 Å². The number of hydrogen-bond acceptors (Lipinski definition) is 6. The zero-order chi connectivity index (χ0) is 21.2. The van der Waals surface area contributed by atoms with Gasteiger partial charge in [-0.1, -0.05) is 36.7 Å². The first-order valence-corrected chi connectivity index (χ1v) is 11.0. The number of carbonyl (C=O) groups is 1. The molecule has 0 N–H and O–H groups in total. The van der Waals surface area contributed by atoms with E-state index >= 15 is 0 Å². The van der Waals surface area contributed by atoms with Gasteiger partial charge in [0.1, 0.15) is 6.54 Å². The Kier molecular flexibility index (Phi) is 5.99. The Bertz CT molecular complexity index is 1110. The van der Waals surface area contributed by atoms with Crippen molar-refractivity contribution >= 4 is 44.4 Å². The largest absolute Gasteiger partial charge is 0.309 e. The van der Waals surface area contributed by atoms with Crippen molar-refractivity contribution in [2.75, 3.05) is 29.5 Å². The first-order chi connectivity index (χ1) is 13.7. The van der Waals surface area contributed by atoms with Crippen LogP contribution in [0.15, 0.2) is 47.5 Å². The van der Waals surface area contributed by atoms with Crippen LogP contribution in [0.5, 0.6) is 0 Å². The third-order valence-corrected chi connectivity index (χ3v) is 6.62. The van der Waals surface area contributed by atoms with E-state index in [1.807, 2.05) is 0 Å². The highest BCUT2D eigenvalue weighted by atomic mass is 35.5. The number of benzene rings is 2. The molecule has 1 amide bonds. The number of nitro benzene ring substituents is 1. The highest BCUT2D eigenvalue weighted by Gasteiger charge is 2.28. The molecule has 2 aromatic rings. The molecule has 0 fully saturated rings. The van der Waals surface area contributed by atoms with Gasteiger partial charge in [0.2, 0.25) is 5.91 Å². The number of nitro groups is 1. The average molecular weight is 436 g/mol. The minimum Gasteiger partial charge on any atom is -0.309 e. The number of hydrogen-bond donors (Lipinski definition) is 0. The Balaban J connectivity index is 2.15. The molecule has 3 rings (SSSR count). The Morgan fingerprint density at radius 2 is 1.93 bits per heavy atom. The molecule has 10 heteroatoms. The predicted octanol–water partition coefficient (Wildman–Crippen LogP) is 2.87. The molecule has 0 bridgehead atoms. The van der Waals surface area contributed by atoms with Gasteiger partial charge < -0.3 is 4.90 Å². The second kappa shape index (κ2) is 8.30. The number of rotatable bonds is 6. The van der Waals surface area contributed by atoms with Gasteiger partial charge in [-0.15, -0.1) is 0 Å². The summed E-state index contributed by atoms with van der Waals surface area (Å²) in [5.41, 5.74) is 1.43. The van der Waals surface area contributed by atoms with Crippen molar-refractivity contribution in [3.05, 3.63) is 68.7 Å². The van der Waals surface area contributed by atoms with Crippen molar-refractivity contribution < 1.29 is 18.1 Å². The lowest BCUT2D eigenvalue weighted by Gasteiger charge is -2.23. The van der Waals surface area contributed by atoms with Crippen LogP contribution >= 0.6 is 11.6 Å². The topological polar surface area (TPSA) is 110 Å². The third-order valence-electron chi connectivity index (χ3n) is 4.61. The maximum Gasteiger partial charge on any atom is 0.270 e. The minimum atomic E-state index is -3.31. The molecule has 29 heavy (non-hydrogen) atoms. The molecule has 0 saturated heterocycles. The zero-order valence-electron chi connectivity index (χ0n) is 15.5. The molecule has 8 nitrogen and oxygen atoms in total. The van der Waals surface area contributed by atoms with Crippen LogP contribution in [0.25, 0.3) is 0 Å². The van der Waals surface area contributed by atoms with Crippen molar-refractivity contribution in [2.45, 2.75) is 6.92 Å². The Morgan fingerprint density at radius 3 is 2.59 bits per heavy atom. The van der Waals surface area contributed by atoms with Gasteiger partial charge in [-0.3, -0.25) is 19.9 Å². The fourth-order valence-electron chi connectivity index (χ4n) is 3.02. The summed E-state index contributed by atoms with van der Waals surface area (Å²) in [4.78, 5) is 29.2. The standard InChI is InChI=1S/C19H18ClN3O5S/c1-2-29(27,28)10-9-22-17-8-7-13(23(25)26)11-15(17)19(21-12-18(22)24)14-5-3-4-6-16(14)20/h3-8,11H,2,9-10,12H2,1H3. The molecular formula is C19H18ClN3O5S. The fourth-order valence-corrected chi connectivity index (χ4v) is 3.99. The number of sulfone groups is 1. The van der Waals surface area contributed by atoms with E-state index in [1.54, 1.807) is 24.3 Å². The van der Waals surface area contributed by atoms with Crippen LogP contribution in [0, 0.1) is 10.1 Å². The molecular weight excluding hydrogens is 418 g/mol. The Morgan fingerprint density at radius 1 is 1.21 bits per heavy atom. The first kappa shape index (κ1) is 20.9. The summed E-state index contributed by atoms with van der Waals surface area (Å²) in [6.45, 7) is 1.25. The number of nitrogens with zero attached hydrogens (tertiary/aromatic N) is 3. The summed E-state index contributed by atoms with van der Waals surface area (Å²) in [7, 11) is -3.31. The van der Waals surface area contributed by atoms with Gasteiger partial charge in [0.05, 0.1) is 22.1 Å². The SMILES string of the molecule is CCS(=O)(=O)CCN1C(=O)CN=C(c2ccccc2Cl)c2cc([N+](=O)[O-])ccc21. The number of aliphatic imine (C=N–C) groups is 1. The summed E-state index contributed by atoms with van der Waals surface area (Å²) in [5, 5.41) is 11.7. The molecule has 1 heterocycles. The third kappa shape index (κ3) is 4.46. The molecule has 1 aliphatic heterocycles. The summed E-state index contributed by atoms with van der Waals surface area (Å²) in [6.07, 6.45) is 0. The number of halogens is 1. The van der Waals surface area contributed by atoms with Crippen LogP contribution in [0.4, 0.5) is 11.4 Å². The van der Waals surface area contributed by atoms with E-state index < -0.39 is 20.7 Å². The highest BCUT2D eigenvalue weighted by Crippen LogP contribution is 2.32. The Labute approximate surface area is 172 Å². The van der Waals surface area contributed by atoms with Gasteiger partial charge in [0.25, 0.3) is 5.69 Å². The maximum atomic E-state index is 12.7. The fraction of sp³-hybridized carbons (Fsp3) is 0.263. The molecule has 0 radical (unpaired) electrons. The summed E-state index contributed by atoms with van der Waals surface area (Å²) in [6, 6.07) is 10.9. The lowest BCUT2D eigenvalue weighted by Crippen LogP contribution is -2.36. The lowest BCUT2D eigenvalue weighted by molar-refractivity contribution is -0.384.